The molecule has 1 heterocycles. The molecule has 3 N–H and O–H groups in total. The van der Waals surface area contributed by atoms with Crippen molar-refractivity contribution in [2.24, 2.45) is 5.73 Å². The number of esters is 4. The number of amides is 2. The van der Waals surface area contributed by atoms with Crippen LogP contribution in [0.15, 0.2) is 0 Å². The molecule has 0 unspecified atom stereocenters. The number of hydrogen-bond donors (Lipinski definition) is 2. The van der Waals surface area contributed by atoms with Crippen LogP contribution < -0.4 is 11.1 Å². The van der Waals surface area contributed by atoms with Crippen molar-refractivity contribution in [2.45, 2.75) is 91.1 Å². The highest BCUT2D eigenvalue weighted by Crippen LogP contribution is 2.48. The zero-order valence-corrected chi connectivity index (χ0v) is 24.3. The van der Waals surface area contributed by atoms with Gasteiger partial charge in [0.2, 0.25) is 5.91 Å². The second-order valence-electron chi connectivity index (χ2n) is 8.45. The van der Waals surface area contributed by atoms with Gasteiger partial charge in [-0.1, -0.05) is 0 Å². The smallest absolute Gasteiger partial charge is 0.335 e. The fourth-order valence-electron chi connectivity index (χ4n) is 3.79. The third-order valence-electron chi connectivity index (χ3n) is 5.07. The van der Waals surface area contributed by atoms with Crippen LogP contribution in [-0.2, 0) is 66.0 Å². The normalized spacial score (nSPS) is 23.9. The van der Waals surface area contributed by atoms with Gasteiger partial charge in [0.1, 0.15) is 18.8 Å². The van der Waals surface area contributed by atoms with Crippen molar-refractivity contribution in [1.82, 2.24) is 5.32 Å². The number of nitrogens with two attached hydrogens (primary N) is 1. The molecule has 0 aromatic heterocycles. The van der Waals surface area contributed by atoms with Gasteiger partial charge >= 0.3 is 32.5 Å². The van der Waals surface area contributed by atoms with Crippen LogP contribution in [0.4, 0.5) is 0 Å². The van der Waals surface area contributed by atoms with Crippen LogP contribution in [0.1, 0.15) is 54.9 Å². The third-order valence-corrected chi connectivity index (χ3v) is 6.45. The minimum atomic E-state index is -2.42. The van der Waals surface area contributed by atoms with Crippen molar-refractivity contribution in [3.8, 4) is 0 Å². The van der Waals surface area contributed by atoms with E-state index in [0.29, 0.717) is 0 Å². The maximum Gasteiger partial charge on any atom is 0.335 e. The Morgan fingerprint density at radius 3 is 1.93 bits per heavy atom. The Kier molecular flexibility index (Phi) is 14.4. The molecule has 2 amide bonds. The summed E-state index contributed by atoms with van der Waals surface area (Å²) in [5.74, 6) is -7.57. The van der Waals surface area contributed by atoms with E-state index < -0.39 is 93.6 Å². The van der Waals surface area contributed by atoms with Gasteiger partial charge in [-0.2, -0.15) is 0 Å². The Morgan fingerprint density at radius 2 is 1.50 bits per heavy atom. The number of carbonyl (C=O) groups is 6. The van der Waals surface area contributed by atoms with E-state index >= 15 is 0 Å². The summed E-state index contributed by atoms with van der Waals surface area (Å²) in [6, 6.07) is -1.32. The van der Waals surface area contributed by atoms with Crippen LogP contribution in [0.2, 0.25) is 0 Å². The second kappa shape index (κ2) is 16.4. The van der Waals surface area contributed by atoms with Crippen LogP contribution >= 0.6 is 8.60 Å². The molecule has 1 aliphatic rings. The Labute approximate surface area is 232 Å². The fraction of sp³-hybridized carbons (Fsp3) is 0.739. The largest absolute Gasteiger partial charge is 0.462 e. The summed E-state index contributed by atoms with van der Waals surface area (Å²) in [5.41, 5.74) is 5.72. The maximum absolute atomic E-state index is 12.9. The zero-order chi connectivity index (χ0) is 30.6. The topological polar surface area (TPSA) is 214 Å². The van der Waals surface area contributed by atoms with E-state index in [1.54, 1.807) is 13.8 Å². The molecule has 1 fully saturated rings. The third kappa shape index (κ3) is 10.9. The number of primary amides is 1. The highest BCUT2D eigenvalue weighted by atomic mass is 31.2. The molecule has 0 saturated carbocycles. The van der Waals surface area contributed by atoms with Crippen molar-refractivity contribution >= 4 is 44.3 Å². The number of carbonyl (C=O) groups excluding carboxylic acids is 6. The van der Waals surface area contributed by atoms with Crippen LogP contribution in [0, 0.1) is 0 Å². The molecule has 1 saturated heterocycles. The summed E-state index contributed by atoms with van der Waals surface area (Å²) in [7, 11) is -2.25. The molecular weight excluding hydrogens is 559 g/mol. The summed E-state index contributed by atoms with van der Waals surface area (Å²) in [4.78, 5) is 72.9. The van der Waals surface area contributed by atoms with Crippen LogP contribution in [-0.4, -0.2) is 91.8 Å². The van der Waals surface area contributed by atoms with Crippen molar-refractivity contribution in [2.75, 3.05) is 19.8 Å². The highest BCUT2D eigenvalue weighted by molar-refractivity contribution is 7.41. The van der Waals surface area contributed by atoms with E-state index in [2.05, 4.69) is 5.32 Å². The predicted molar refractivity (Wildman–Crippen MR) is 134 cm³/mol. The molecule has 16 nitrogen and oxygen atoms in total. The molecule has 0 bridgehead atoms. The number of nitrogens with one attached hydrogen (secondary N) is 1. The lowest BCUT2D eigenvalue weighted by Crippen LogP contribution is -2.69. The Balaban J connectivity index is 3.83. The van der Waals surface area contributed by atoms with Gasteiger partial charge in [-0.05, 0) is 13.8 Å². The van der Waals surface area contributed by atoms with Crippen molar-refractivity contribution in [3.05, 3.63) is 0 Å². The quantitative estimate of drug-likeness (QED) is 0.146. The van der Waals surface area contributed by atoms with Gasteiger partial charge in [0, 0.05) is 34.6 Å². The number of hydrogen-bond acceptors (Lipinski definition) is 14. The molecule has 0 spiro atoms. The molecule has 6 atom stereocenters. The number of rotatable bonds is 15. The molecule has 0 aliphatic carbocycles. The van der Waals surface area contributed by atoms with Crippen molar-refractivity contribution < 1.29 is 66.0 Å². The minimum absolute atomic E-state index is 0.110. The van der Waals surface area contributed by atoms with Crippen LogP contribution in [0.3, 0.4) is 0 Å². The van der Waals surface area contributed by atoms with Crippen molar-refractivity contribution in [3.63, 3.8) is 0 Å². The highest BCUT2D eigenvalue weighted by Gasteiger charge is 2.59. The molecule has 40 heavy (non-hydrogen) atoms. The van der Waals surface area contributed by atoms with Crippen molar-refractivity contribution in [1.29, 1.82) is 0 Å². The monoisotopic (exact) mass is 596 g/mol. The number of ether oxygens (including phenoxy) is 5. The second-order valence-corrected chi connectivity index (χ2v) is 9.60. The lowest BCUT2D eigenvalue weighted by molar-refractivity contribution is -0.282. The summed E-state index contributed by atoms with van der Waals surface area (Å²) < 4.78 is 43.9. The molecule has 1 rings (SSSR count). The first-order valence-electron chi connectivity index (χ1n) is 12.3. The molecule has 0 aromatic rings. The van der Waals surface area contributed by atoms with Crippen LogP contribution in [0.5, 0.6) is 0 Å². The Hall–Kier alpha value is -2.91. The van der Waals surface area contributed by atoms with E-state index in [-0.39, 0.29) is 13.2 Å². The van der Waals surface area contributed by atoms with Gasteiger partial charge in [0.05, 0.1) is 25.7 Å². The zero-order valence-electron chi connectivity index (χ0n) is 23.5. The summed E-state index contributed by atoms with van der Waals surface area (Å²) in [5, 5.41) is 2.55. The molecular formula is C23H37N2O14P. The Morgan fingerprint density at radius 1 is 0.925 bits per heavy atom. The van der Waals surface area contributed by atoms with Gasteiger partial charge in [0.15, 0.2) is 12.2 Å². The average molecular weight is 597 g/mol. The summed E-state index contributed by atoms with van der Waals surface area (Å²) >= 11 is 0. The summed E-state index contributed by atoms with van der Waals surface area (Å²) in [6.45, 7) is 8.30. The van der Waals surface area contributed by atoms with E-state index in [9.17, 15) is 28.8 Å². The molecule has 17 heteroatoms. The van der Waals surface area contributed by atoms with E-state index in [0.717, 1.165) is 34.6 Å². The van der Waals surface area contributed by atoms with Gasteiger partial charge in [0.25, 0.3) is 11.7 Å². The van der Waals surface area contributed by atoms with Crippen LogP contribution in [0.25, 0.3) is 0 Å². The summed E-state index contributed by atoms with van der Waals surface area (Å²) in [6.07, 6.45) is -6.73. The standard InChI is InChI=1S/C23H37N2O14P/c1-8-33-40(34-9-2)39-23(22(24)31)10-17(35-14(5)28)19(25-12(3)26)21(38-23)20(37-16(7)30)18(36-15(6)29)11-32-13(4)27/h17-21H,8-11H2,1-7H3,(H2,24,31)(H,25,26)/t17-,18+,19+,20+,21+,23+/m0/s1. The SMILES string of the molecule is CCOP(OCC)O[C@@]1(C(N)=O)C[C@H](OC(C)=O)[C@@H](NC(C)=O)[C@H]([C@H](OC(C)=O)[C@@H](COC(C)=O)OC(C)=O)O1. The van der Waals surface area contributed by atoms with Gasteiger partial charge in [-0.25, -0.2) is 0 Å². The van der Waals surface area contributed by atoms with Gasteiger partial charge in [-0.3, -0.25) is 33.3 Å². The maximum atomic E-state index is 12.9. The average Bonchev–Trinajstić information content (AvgIpc) is 2.81. The molecule has 1 aliphatic heterocycles. The van der Waals surface area contributed by atoms with E-state index in [1.165, 1.54) is 0 Å². The van der Waals surface area contributed by atoms with E-state index in [1.807, 2.05) is 0 Å². The van der Waals surface area contributed by atoms with Gasteiger partial charge < -0.3 is 43.8 Å². The molecule has 0 aromatic carbocycles. The lowest BCUT2D eigenvalue weighted by Gasteiger charge is -2.48. The fourth-order valence-corrected chi connectivity index (χ4v) is 4.84. The first kappa shape index (κ1) is 35.1. The molecule has 0 radical (unpaired) electrons. The Bertz CT molecular complexity index is 927. The van der Waals surface area contributed by atoms with Gasteiger partial charge in [-0.15, -0.1) is 0 Å². The molecule has 228 valence electrons. The predicted octanol–water partition coefficient (Wildman–Crippen LogP) is 0.136. The minimum Gasteiger partial charge on any atom is -0.462 e. The first-order chi connectivity index (χ1) is 18.6. The lowest BCUT2D eigenvalue weighted by atomic mass is 9.88. The van der Waals surface area contributed by atoms with E-state index in [4.69, 9.17) is 43.0 Å². The first-order valence-corrected chi connectivity index (χ1v) is 13.4.